The molecule has 0 N–H and O–H groups in total. The zero-order chi connectivity index (χ0) is 14.2. The molecular weight excluding hydrogens is 256 g/mol. The van der Waals surface area contributed by atoms with E-state index in [1.54, 1.807) is 6.92 Å². The highest BCUT2D eigenvalue weighted by atomic mass is 16.5. The van der Waals surface area contributed by atoms with Gasteiger partial charge in [-0.3, -0.25) is 0 Å². The quantitative estimate of drug-likeness (QED) is 0.471. The van der Waals surface area contributed by atoms with Crippen LogP contribution in [0.4, 0.5) is 0 Å². The molecule has 1 atom stereocenters. The normalized spacial score (nSPS) is 19.4. The van der Waals surface area contributed by atoms with Gasteiger partial charge in [-0.05, 0) is 25.3 Å². The molecule has 4 nitrogen and oxygen atoms in total. The molecule has 4 heteroatoms. The third kappa shape index (κ3) is 4.70. The summed E-state index contributed by atoms with van der Waals surface area (Å²) in [5.41, 5.74) is 1.43. The lowest BCUT2D eigenvalue weighted by molar-refractivity contribution is -0.140. The summed E-state index contributed by atoms with van der Waals surface area (Å²) in [4.78, 5) is 11.8. The number of carbonyl (C=O) groups is 1. The first kappa shape index (κ1) is 14.6. The molecule has 0 spiro atoms. The van der Waals surface area contributed by atoms with E-state index in [0.29, 0.717) is 12.2 Å². The molecule has 20 heavy (non-hydrogen) atoms. The summed E-state index contributed by atoms with van der Waals surface area (Å²) in [6.07, 6.45) is 3.48. The van der Waals surface area contributed by atoms with E-state index in [0.717, 1.165) is 25.0 Å². The minimum atomic E-state index is -0.356. The van der Waals surface area contributed by atoms with Crippen LogP contribution in [-0.2, 0) is 25.6 Å². The first-order valence-corrected chi connectivity index (χ1v) is 6.87. The molecule has 0 aromatic heterocycles. The maximum Gasteiger partial charge on any atom is 0.337 e. The summed E-state index contributed by atoms with van der Waals surface area (Å²) in [5.74, 6) is -0.356. The Balaban J connectivity index is 1.76. The Morgan fingerprint density at radius 3 is 2.90 bits per heavy atom. The largest absolute Gasteiger partial charge is 0.495 e. The molecule has 1 saturated heterocycles. The minimum absolute atomic E-state index is 0.0422. The summed E-state index contributed by atoms with van der Waals surface area (Å²) in [5, 5.41) is 0. The van der Waals surface area contributed by atoms with Crippen LogP contribution in [0.3, 0.4) is 0 Å². The predicted octanol–water partition coefficient (Wildman–Crippen LogP) is 2.83. The van der Waals surface area contributed by atoms with Crippen molar-refractivity contribution in [3.8, 4) is 0 Å². The van der Waals surface area contributed by atoms with Crippen LogP contribution < -0.4 is 0 Å². The topological polar surface area (TPSA) is 44.8 Å². The van der Waals surface area contributed by atoms with Crippen LogP contribution in [0.5, 0.6) is 0 Å². The smallest absolute Gasteiger partial charge is 0.337 e. The molecular formula is C16H20O4. The van der Waals surface area contributed by atoms with E-state index in [-0.39, 0.29) is 18.7 Å². The molecule has 0 bridgehead atoms. The lowest BCUT2D eigenvalue weighted by atomic mass is 10.2. The van der Waals surface area contributed by atoms with Gasteiger partial charge in [-0.25, -0.2) is 4.79 Å². The SMILES string of the molecule is CC(=COC1CCCOC1)C(=O)OCc1ccccc1. The first-order chi connectivity index (χ1) is 9.75. The van der Waals surface area contributed by atoms with Crippen molar-refractivity contribution in [3.63, 3.8) is 0 Å². The lowest BCUT2D eigenvalue weighted by Gasteiger charge is -2.21. The Labute approximate surface area is 119 Å². The van der Waals surface area contributed by atoms with Crippen molar-refractivity contribution < 1.29 is 19.0 Å². The molecule has 1 fully saturated rings. The maximum atomic E-state index is 11.8. The number of carbonyl (C=O) groups excluding carboxylic acids is 1. The van der Waals surface area contributed by atoms with Crippen LogP contribution >= 0.6 is 0 Å². The molecule has 1 unspecified atom stereocenters. The molecule has 2 rings (SSSR count). The van der Waals surface area contributed by atoms with Gasteiger partial charge >= 0.3 is 5.97 Å². The van der Waals surface area contributed by atoms with Gasteiger partial charge in [-0.2, -0.15) is 0 Å². The Kier molecular flexibility index (Phi) is 5.62. The molecule has 0 radical (unpaired) electrons. The van der Waals surface area contributed by atoms with Gasteiger partial charge in [0.2, 0.25) is 0 Å². The van der Waals surface area contributed by atoms with Gasteiger partial charge in [0.25, 0.3) is 0 Å². The molecule has 1 heterocycles. The molecule has 0 saturated carbocycles. The molecule has 1 aliphatic heterocycles. The number of hydrogen-bond acceptors (Lipinski definition) is 4. The monoisotopic (exact) mass is 276 g/mol. The second-order valence-electron chi connectivity index (χ2n) is 4.84. The highest BCUT2D eigenvalue weighted by Crippen LogP contribution is 2.11. The molecule has 108 valence electrons. The van der Waals surface area contributed by atoms with E-state index in [1.807, 2.05) is 30.3 Å². The number of ether oxygens (including phenoxy) is 3. The molecule has 1 aromatic carbocycles. The van der Waals surface area contributed by atoms with Crippen molar-refractivity contribution in [1.82, 2.24) is 0 Å². The minimum Gasteiger partial charge on any atom is -0.495 e. The van der Waals surface area contributed by atoms with E-state index in [4.69, 9.17) is 14.2 Å². The van der Waals surface area contributed by atoms with Gasteiger partial charge in [0, 0.05) is 6.61 Å². The zero-order valence-corrected chi connectivity index (χ0v) is 11.7. The Morgan fingerprint density at radius 2 is 2.20 bits per heavy atom. The summed E-state index contributed by atoms with van der Waals surface area (Å²) in [6.45, 7) is 3.35. The van der Waals surface area contributed by atoms with Crippen molar-refractivity contribution in [2.45, 2.75) is 32.5 Å². The standard InChI is InChI=1S/C16H20O4/c1-13(10-19-15-8-5-9-18-12-15)16(17)20-11-14-6-3-2-4-7-14/h2-4,6-7,10,15H,5,8-9,11-12H2,1H3. The van der Waals surface area contributed by atoms with Gasteiger partial charge in [0.05, 0.1) is 18.4 Å². The highest BCUT2D eigenvalue weighted by Gasteiger charge is 2.14. The van der Waals surface area contributed by atoms with Crippen LogP contribution in [0.2, 0.25) is 0 Å². The van der Waals surface area contributed by atoms with Crippen molar-refractivity contribution in [2.75, 3.05) is 13.2 Å². The average Bonchev–Trinajstić information content (AvgIpc) is 2.52. The van der Waals surface area contributed by atoms with Gasteiger partial charge < -0.3 is 14.2 Å². The zero-order valence-electron chi connectivity index (χ0n) is 11.7. The molecule has 0 aliphatic carbocycles. The third-order valence-corrected chi connectivity index (χ3v) is 3.09. The maximum absolute atomic E-state index is 11.8. The van der Waals surface area contributed by atoms with Gasteiger partial charge in [0.15, 0.2) is 0 Å². The van der Waals surface area contributed by atoms with Crippen LogP contribution in [0.15, 0.2) is 42.2 Å². The van der Waals surface area contributed by atoms with Gasteiger partial charge in [-0.15, -0.1) is 0 Å². The second kappa shape index (κ2) is 7.70. The fourth-order valence-corrected chi connectivity index (χ4v) is 1.90. The second-order valence-corrected chi connectivity index (χ2v) is 4.84. The fourth-order valence-electron chi connectivity index (χ4n) is 1.90. The summed E-state index contributed by atoms with van der Waals surface area (Å²) >= 11 is 0. The molecule has 1 aliphatic rings. The first-order valence-electron chi connectivity index (χ1n) is 6.87. The fraction of sp³-hybridized carbons (Fsp3) is 0.438. The van der Waals surface area contributed by atoms with Crippen molar-refractivity contribution >= 4 is 5.97 Å². The van der Waals surface area contributed by atoms with Crippen LogP contribution in [0.25, 0.3) is 0 Å². The number of rotatable bonds is 5. The Morgan fingerprint density at radius 1 is 1.40 bits per heavy atom. The third-order valence-electron chi connectivity index (χ3n) is 3.09. The molecule has 1 aromatic rings. The molecule has 0 amide bonds. The summed E-state index contributed by atoms with van der Waals surface area (Å²) in [6, 6.07) is 9.59. The lowest BCUT2D eigenvalue weighted by Crippen LogP contribution is -2.24. The van der Waals surface area contributed by atoms with Gasteiger partial charge in [-0.1, -0.05) is 30.3 Å². The number of esters is 1. The van der Waals surface area contributed by atoms with E-state index in [1.165, 1.54) is 6.26 Å². The summed E-state index contributed by atoms with van der Waals surface area (Å²) < 4.78 is 16.1. The van der Waals surface area contributed by atoms with E-state index < -0.39 is 0 Å². The van der Waals surface area contributed by atoms with Gasteiger partial charge in [0.1, 0.15) is 12.7 Å². The summed E-state index contributed by atoms with van der Waals surface area (Å²) in [7, 11) is 0. The van der Waals surface area contributed by atoms with E-state index in [2.05, 4.69) is 0 Å². The van der Waals surface area contributed by atoms with Crippen LogP contribution in [-0.4, -0.2) is 25.3 Å². The van der Waals surface area contributed by atoms with Crippen molar-refractivity contribution in [2.24, 2.45) is 0 Å². The van der Waals surface area contributed by atoms with Crippen molar-refractivity contribution in [1.29, 1.82) is 0 Å². The van der Waals surface area contributed by atoms with E-state index >= 15 is 0 Å². The van der Waals surface area contributed by atoms with Crippen LogP contribution in [0, 0.1) is 0 Å². The van der Waals surface area contributed by atoms with Crippen LogP contribution in [0.1, 0.15) is 25.3 Å². The Hall–Kier alpha value is -1.81. The highest BCUT2D eigenvalue weighted by molar-refractivity contribution is 5.87. The number of benzene rings is 1. The average molecular weight is 276 g/mol. The van der Waals surface area contributed by atoms with Crippen molar-refractivity contribution in [3.05, 3.63) is 47.7 Å². The predicted molar refractivity (Wildman–Crippen MR) is 74.9 cm³/mol. The Bertz CT molecular complexity index is 447. The van der Waals surface area contributed by atoms with E-state index in [9.17, 15) is 4.79 Å². The number of hydrogen-bond donors (Lipinski definition) is 0.